The van der Waals surface area contributed by atoms with E-state index < -0.39 is 0 Å². The lowest BCUT2D eigenvalue weighted by Gasteiger charge is -2.27. The Bertz CT molecular complexity index is 367. The highest BCUT2D eigenvalue weighted by molar-refractivity contribution is 5.85. The van der Waals surface area contributed by atoms with Crippen LogP contribution in [0.15, 0.2) is 24.3 Å². The maximum absolute atomic E-state index is 8.97. The van der Waals surface area contributed by atoms with E-state index in [1.807, 2.05) is 24.3 Å². The van der Waals surface area contributed by atoms with E-state index in [2.05, 4.69) is 16.3 Å². The molecule has 4 heteroatoms. The van der Waals surface area contributed by atoms with Gasteiger partial charge in [0.25, 0.3) is 0 Å². The van der Waals surface area contributed by atoms with Crippen molar-refractivity contribution in [2.24, 2.45) is 0 Å². The second-order valence-corrected chi connectivity index (χ2v) is 3.80. The number of nitrogens with zero attached hydrogens (tertiary/aromatic N) is 2. The molecule has 2 rings (SSSR count). The molecule has 16 heavy (non-hydrogen) atoms. The molecule has 1 fully saturated rings. The Kier molecular flexibility index (Phi) is 5.27. The van der Waals surface area contributed by atoms with E-state index in [4.69, 9.17) is 5.26 Å². The van der Waals surface area contributed by atoms with Crippen molar-refractivity contribution >= 4 is 12.4 Å². The summed E-state index contributed by atoms with van der Waals surface area (Å²) in [7, 11) is 0. The number of benzene rings is 1. The fourth-order valence-corrected chi connectivity index (χ4v) is 1.88. The molecule has 1 heterocycles. The quantitative estimate of drug-likeness (QED) is 0.845. The van der Waals surface area contributed by atoms with Crippen LogP contribution in [0.4, 0.5) is 0 Å². The van der Waals surface area contributed by atoms with Crippen molar-refractivity contribution in [3.05, 3.63) is 35.4 Å². The second kappa shape index (κ2) is 6.49. The first-order chi connectivity index (χ1) is 7.40. The Morgan fingerprint density at radius 3 is 2.62 bits per heavy atom. The summed E-state index contributed by atoms with van der Waals surface area (Å²) in [6, 6.07) is 10.1. The van der Waals surface area contributed by atoms with Crippen molar-refractivity contribution in [2.45, 2.75) is 6.54 Å². The van der Waals surface area contributed by atoms with Crippen molar-refractivity contribution in [1.82, 2.24) is 10.2 Å². The molecule has 0 aliphatic carbocycles. The maximum Gasteiger partial charge on any atom is 0.0995 e. The molecule has 1 saturated heterocycles. The second-order valence-electron chi connectivity index (χ2n) is 3.80. The highest BCUT2D eigenvalue weighted by atomic mass is 35.5. The Balaban J connectivity index is 0.00000128. The Hall–Kier alpha value is -1.08. The molecule has 0 radical (unpaired) electrons. The normalized spacial score (nSPS) is 16.2. The number of nitriles is 1. The monoisotopic (exact) mass is 237 g/mol. The van der Waals surface area contributed by atoms with Crippen LogP contribution in [-0.2, 0) is 6.54 Å². The SMILES string of the molecule is Cl.N#Cc1ccccc1CN1CCNCC1. The van der Waals surface area contributed by atoms with E-state index in [0.717, 1.165) is 43.9 Å². The molecule has 86 valence electrons. The van der Waals surface area contributed by atoms with Crippen LogP contribution < -0.4 is 5.32 Å². The topological polar surface area (TPSA) is 39.1 Å². The fourth-order valence-electron chi connectivity index (χ4n) is 1.88. The van der Waals surface area contributed by atoms with Gasteiger partial charge in [-0.05, 0) is 11.6 Å². The third kappa shape index (κ3) is 3.21. The molecule has 0 atom stereocenters. The molecule has 1 aliphatic rings. The van der Waals surface area contributed by atoms with Gasteiger partial charge in [0.05, 0.1) is 11.6 Å². The average Bonchev–Trinajstić information content (AvgIpc) is 2.31. The van der Waals surface area contributed by atoms with E-state index >= 15 is 0 Å². The molecule has 1 aliphatic heterocycles. The van der Waals surface area contributed by atoms with E-state index in [1.54, 1.807) is 0 Å². The molecule has 3 nitrogen and oxygen atoms in total. The van der Waals surface area contributed by atoms with Crippen LogP contribution in [0, 0.1) is 11.3 Å². The first-order valence-electron chi connectivity index (χ1n) is 5.31. The molecule has 1 aromatic rings. The van der Waals surface area contributed by atoms with Crippen LogP contribution >= 0.6 is 12.4 Å². The fraction of sp³-hybridized carbons (Fsp3) is 0.417. The predicted octanol–water partition coefficient (Wildman–Crippen LogP) is 1.39. The minimum atomic E-state index is 0. The van der Waals surface area contributed by atoms with Gasteiger partial charge in [0.1, 0.15) is 0 Å². The summed E-state index contributed by atoms with van der Waals surface area (Å²) in [6.45, 7) is 5.13. The van der Waals surface area contributed by atoms with Crippen LogP contribution in [0.3, 0.4) is 0 Å². The number of halogens is 1. The third-order valence-electron chi connectivity index (χ3n) is 2.74. The molecule has 1 N–H and O–H groups in total. The molecule has 0 spiro atoms. The van der Waals surface area contributed by atoms with E-state index in [1.165, 1.54) is 0 Å². The molecular formula is C12H16ClN3. The van der Waals surface area contributed by atoms with E-state index in [9.17, 15) is 0 Å². The summed E-state index contributed by atoms with van der Waals surface area (Å²) in [5.41, 5.74) is 1.94. The van der Waals surface area contributed by atoms with Crippen LogP contribution in [-0.4, -0.2) is 31.1 Å². The third-order valence-corrected chi connectivity index (χ3v) is 2.74. The minimum Gasteiger partial charge on any atom is -0.314 e. The van der Waals surface area contributed by atoms with Gasteiger partial charge in [-0.25, -0.2) is 0 Å². The smallest absolute Gasteiger partial charge is 0.0995 e. The Labute approximate surface area is 102 Å². The van der Waals surface area contributed by atoms with Crippen molar-refractivity contribution < 1.29 is 0 Å². The van der Waals surface area contributed by atoms with Gasteiger partial charge in [0, 0.05) is 32.7 Å². The van der Waals surface area contributed by atoms with E-state index in [0.29, 0.717) is 0 Å². The lowest BCUT2D eigenvalue weighted by atomic mass is 10.1. The number of hydrogen-bond donors (Lipinski definition) is 1. The van der Waals surface area contributed by atoms with Crippen molar-refractivity contribution in [1.29, 1.82) is 5.26 Å². The summed E-state index contributed by atoms with van der Waals surface area (Å²) >= 11 is 0. The van der Waals surface area contributed by atoms with Crippen molar-refractivity contribution in [2.75, 3.05) is 26.2 Å². The molecule has 0 aromatic heterocycles. The first-order valence-corrected chi connectivity index (χ1v) is 5.31. The van der Waals surface area contributed by atoms with Gasteiger partial charge in [0.15, 0.2) is 0 Å². The van der Waals surface area contributed by atoms with Gasteiger partial charge in [-0.3, -0.25) is 4.90 Å². The van der Waals surface area contributed by atoms with Crippen LogP contribution in [0.1, 0.15) is 11.1 Å². The highest BCUT2D eigenvalue weighted by Gasteiger charge is 2.11. The van der Waals surface area contributed by atoms with Crippen LogP contribution in [0.2, 0.25) is 0 Å². The van der Waals surface area contributed by atoms with Gasteiger partial charge < -0.3 is 5.32 Å². The molecular weight excluding hydrogens is 222 g/mol. The number of nitrogens with one attached hydrogen (secondary N) is 1. The van der Waals surface area contributed by atoms with Gasteiger partial charge in [-0.2, -0.15) is 5.26 Å². The van der Waals surface area contributed by atoms with Gasteiger partial charge in [-0.15, -0.1) is 12.4 Å². The molecule has 0 unspecified atom stereocenters. The minimum absolute atomic E-state index is 0. The number of piperazine rings is 1. The summed E-state index contributed by atoms with van der Waals surface area (Å²) in [5.74, 6) is 0. The van der Waals surface area contributed by atoms with Crippen molar-refractivity contribution in [3.63, 3.8) is 0 Å². The molecule has 0 saturated carbocycles. The number of hydrogen-bond acceptors (Lipinski definition) is 3. The lowest BCUT2D eigenvalue weighted by Crippen LogP contribution is -2.42. The van der Waals surface area contributed by atoms with Gasteiger partial charge >= 0.3 is 0 Å². The molecule has 0 amide bonds. The average molecular weight is 238 g/mol. The van der Waals surface area contributed by atoms with E-state index in [-0.39, 0.29) is 12.4 Å². The largest absolute Gasteiger partial charge is 0.314 e. The van der Waals surface area contributed by atoms with Gasteiger partial charge in [0.2, 0.25) is 0 Å². The molecule has 0 bridgehead atoms. The van der Waals surface area contributed by atoms with Crippen LogP contribution in [0.25, 0.3) is 0 Å². The van der Waals surface area contributed by atoms with Crippen LogP contribution in [0.5, 0.6) is 0 Å². The Morgan fingerprint density at radius 1 is 1.25 bits per heavy atom. The first kappa shape index (κ1) is 13.0. The predicted molar refractivity (Wildman–Crippen MR) is 66.6 cm³/mol. The summed E-state index contributed by atoms with van der Waals surface area (Å²) in [5, 5.41) is 12.3. The lowest BCUT2D eigenvalue weighted by molar-refractivity contribution is 0.233. The summed E-state index contributed by atoms with van der Waals surface area (Å²) in [4.78, 5) is 2.38. The summed E-state index contributed by atoms with van der Waals surface area (Å²) < 4.78 is 0. The number of rotatable bonds is 2. The van der Waals surface area contributed by atoms with Gasteiger partial charge in [-0.1, -0.05) is 18.2 Å². The van der Waals surface area contributed by atoms with Crippen molar-refractivity contribution in [3.8, 4) is 6.07 Å². The zero-order chi connectivity index (χ0) is 10.5. The maximum atomic E-state index is 8.97. The summed E-state index contributed by atoms with van der Waals surface area (Å²) in [6.07, 6.45) is 0. The zero-order valence-corrected chi connectivity index (χ0v) is 9.96. The standard InChI is InChI=1S/C12H15N3.ClH/c13-9-11-3-1-2-4-12(11)10-15-7-5-14-6-8-15;/h1-4,14H,5-8,10H2;1H. The molecule has 1 aromatic carbocycles. The Morgan fingerprint density at radius 2 is 1.94 bits per heavy atom. The zero-order valence-electron chi connectivity index (χ0n) is 9.15. The highest BCUT2D eigenvalue weighted by Crippen LogP contribution is 2.10.